The molecule has 0 saturated heterocycles. The molecule has 1 aliphatic heterocycles. The van der Waals surface area contributed by atoms with Crippen LogP contribution in [0.1, 0.15) is 18.4 Å². The van der Waals surface area contributed by atoms with Gasteiger partial charge in [0.2, 0.25) is 0 Å². The van der Waals surface area contributed by atoms with Gasteiger partial charge in [-0.3, -0.25) is 0 Å². The van der Waals surface area contributed by atoms with Crippen LogP contribution >= 0.6 is 22.6 Å². The third-order valence-electron chi connectivity index (χ3n) is 4.54. The minimum atomic E-state index is 0.827. The van der Waals surface area contributed by atoms with Gasteiger partial charge in [0, 0.05) is 21.2 Å². The lowest BCUT2D eigenvalue weighted by Crippen LogP contribution is -2.08. The first kappa shape index (κ1) is 16.4. The summed E-state index contributed by atoms with van der Waals surface area (Å²) in [4.78, 5) is 0. The van der Waals surface area contributed by atoms with Crippen molar-refractivity contribution in [3.8, 4) is 22.7 Å². The van der Waals surface area contributed by atoms with Crippen molar-refractivity contribution < 1.29 is 4.74 Å². The van der Waals surface area contributed by atoms with Crippen LogP contribution in [0.2, 0.25) is 0 Å². The Hall–Kier alpha value is -2.02. The molecule has 1 N–H and O–H groups in total. The van der Waals surface area contributed by atoms with Crippen molar-refractivity contribution >= 4 is 28.4 Å². The molecule has 1 aliphatic rings. The summed E-state index contributed by atoms with van der Waals surface area (Å²) in [5.41, 5.74) is 4.49. The van der Waals surface area contributed by atoms with Crippen LogP contribution in [0, 0.1) is 3.57 Å². The van der Waals surface area contributed by atoms with Gasteiger partial charge in [0.15, 0.2) is 0 Å². The number of methoxy groups -OCH3 is 1. The molecule has 128 valence electrons. The molecule has 0 atom stereocenters. The Morgan fingerprint density at radius 1 is 1.12 bits per heavy atom. The fourth-order valence-electron chi connectivity index (χ4n) is 3.35. The second-order valence-electron chi connectivity index (χ2n) is 6.15. The Bertz CT molecular complexity index is 904. The maximum absolute atomic E-state index is 5.57. The highest BCUT2D eigenvalue weighted by Crippen LogP contribution is 2.36. The van der Waals surface area contributed by atoms with Crippen molar-refractivity contribution in [2.75, 3.05) is 19.0 Å². The van der Waals surface area contributed by atoms with Crippen molar-refractivity contribution in [2.24, 2.45) is 0 Å². The maximum atomic E-state index is 5.57. The van der Waals surface area contributed by atoms with Crippen molar-refractivity contribution in [2.45, 2.75) is 19.3 Å². The van der Waals surface area contributed by atoms with Crippen LogP contribution in [0.3, 0.4) is 0 Å². The van der Waals surface area contributed by atoms with Gasteiger partial charge in [-0.15, -0.1) is 0 Å². The summed E-state index contributed by atoms with van der Waals surface area (Å²) >= 11 is 2.36. The molecule has 0 aliphatic carbocycles. The second-order valence-corrected chi connectivity index (χ2v) is 7.40. The Kier molecular flexibility index (Phi) is 4.65. The lowest BCUT2D eigenvalue weighted by molar-refractivity contribution is 0.412. The molecule has 0 saturated carbocycles. The van der Waals surface area contributed by atoms with Crippen LogP contribution < -0.4 is 10.1 Å². The number of benzene rings is 2. The average molecular weight is 445 g/mol. The van der Waals surface area contributed by atoms with E-state index in [0.29, 0.717) is 0 Å². The molecule has 4 rings (SSSR count). The lowest BCUT2D eigenvalue weighted by Gasteiger charge is -2.12. The van der Waals surface area contributed by atoms with Gasteiger partial charge in [-0.2, -0.15) is 5.10 Å². The van der Waals surface area contributed by atoms with Gasteiger partial charge in [-0.25, -0.2) is 4.68 Å². The topological polar surface area (TPSA) is 39.1 Å². The highest BCUT2D eigenvalue weighted by atomic mass is 127. The second kappa shape index (κ2) is 7.07. The van der Waals surface area contributed by atoms with Crippen molar-refractivity contribution in [3.05, 3.63) is 57.7 Å². The Morgan fingerprint density at radius 2 is 2.00 bits per heavy atom. The fourth-order valence-corrected chi connectivity index (χ4v) is 3.89. The van der Waals surface area contributed by atoms with Gasteiger partial charge in [-0.05, 0) is 66.1 Å². The molecular formula is C20H20IN3O. The maximum Gasteiger partial charge on any atom is 0.144 e. The monoisotopic (exact) mass is 445 g/mol. The van der Waals surface area contributed by atoms with E-state index in [1.807, 2.05) is 22.9 Å². The summed E-state index contributed by atoms with van der Waals surface area (Å²) < 4.78 is 8.79. The zero-order valence-corrected chi connectivity index (χ0v) is 16.3. The number of nitrogens with one attached hydrogen (secondary N) is 1. The first-order valence-electron chi connectivity index (χ1n) is 8.53. The largest absolute Gasteiger partial charge is 0.494 e. The number of hydrogen-bond donors (Lipinski definition) is 1. The molecule has 2 heterocycles. The quantitative estimate of drug-likeness (QED) is 0.583. The highest BCUT2D eigenvalue weighted by molar-refractivity contribution is 14.1. The molecule has 3 aromatic rings. The van der Waals surface area contributed by atoms with E-state index >= 15 is 0 Å². The van der Waals surface area contributed by atoms with Crippen LogP contribution in [-0.4, -0.2) is 23.4 Å². The number of ether oxygens (including phenoxy) is 1. The number of aromatic nitrogens is 2. The standard InChI is InChI=1S/C20H20IN3O/c1-25-18-11-3-2-10-17(18)24-20-16(9-4-5-12-22-20)19(23-24)14-7-6-8-15(21)13-14/h2-3,6-8,10-11,13,22H,4-5,9,12H2,1H3. The van der Waals surface area contributed by atoms with E-state index in [4.69, 9.17) is 9.84 Å². The number of para-hydroxylation sites is 2. The van der Waals surface area contributed by atoms with Gasteiger partial charge in [0.25, 0.3) is 0 Å². The minimum absolute atomic E-state index is 0.827. The predicted octanol–water partition coefficient (Wildman–Crippen LogP) is 4.90. The molecule has 0 spiro atoms. The molecule has 0 radical (unpaired) electrons. The van der Waals surface area contributed by atoms with Gasteiger partial charge < -0.3 is 10.1 Å². The number of fused-ring (bicyclic) bond motifs is 1. The lowest BCUT2D eigenvalue weighted by atomic mass is 10.0. The third-order valence-corrected chi connectivity index (χ3v) is 5.21. The summed E-state index contributed by atoms with van der Waals surface area (Å²) in [7, 11) is 1.70. The van der Waals surface area contributed by atoms with Crippen LogP contribution in [0.25, 0.3) is 16.9 Å². The van der Waals surface area contributed by atoms with E-state index in [1.165, 1.54) is 27.5 Å². The molecule has 5 heteroatoms. The Balaban J connectivity index is 1.94. The first-order chi connectivity index (χ1) is 12.3. The van der Waals surface area contributed by atoms with Gasteiger partial charge in [-0.1, -0.05) is 24.3 Å². The summed E-state index contributed by atoms with van der Waals surface area (Å²) in [5.74, 6) is 1.92. The molecule has 0 amide bonds. The van der Waals surface area contributed by atoms with Crippen molar-refractivity contribution in [1.29, 1.82) is 0 Å². The molecule has 1 aromatic heterocycles. The average Bonchev–Trinajstić information content (AvgIpc) is 2.82. The summed E-state index contributed by atoms with van der Waals surface area (Å²) in [6.45, 7) is 0.972. The van der Waals surface area contributed by atoms with Crippen LogP contribution in [0.5, 0.6) is 5.75 Å². The molecule has 25 heavy (non-hydrogen) atoms. The SMILES string of the molecule is COc1ccccc1-n1nc(-c2cccc(I)c2)c2c1NCCCC2. The number of halogens is 1. The molecule has 2 aromatic carbocycles. The van der Waals surface area contributed by atoms with E-state index in [9.17, 15) is 0 Å². The van der Waals surface area contributed by atoms with E-state index in [1.54, 1.807) is 7.11 Å². The van der Waals surface area contributed by atoms with E-state index in [-0.39, 0.29) is 0 Å². The van der Waals surface area contributed by atoms with Gasteiger partial charge in [0.1, 0.15) is 17.3 Å². The normalized spacial score (nSPS) is 13.7. The summed E-state index contributed by atoms with van der Waals surface area (Å²) in [6.07, 6.45) is 3.39. The van der Waals surface area contributed by atoms with E-state index < -0.39 is 0 Å². The van der Waals surface area contributed by atoms with E-state index in [0.717, 1.165) is 35.9 Å². The molecule has 0 bridgehead atoms. The van der Waals surface area contributed by atoms with Gasteiger partial charge in [0.05, 0.1) is 12.8 Å². The van der Waals surface area contributed by atoms with Crippen molar-refractivity contribution in [3.63, 3.8) is 0 Å². The number of nitrogens with zero attached hydrogens (tertiary/aromatic N) is 2. The minimum Gasteiger partial charge on any atom is -0.494 e. The number of anilines is 1. The van der Waals surface area contributed by atoms with Crippen LogP contribution in [0.15, 0.2) is 48.5 Å². The zero-order valence-electron chi connectivity index (χ0n) is 14.1. The zero-order chi connectivity index (χ0) is 17.2. The molecule has 0 unspecified atom stereocenters. The highest BCUT2D eigenvalue weighted by Gasteiger charge is 2.23. The third kappa shape index (κ3) is 3.13. The summed E-state index contributed by atoms with van der Waals surface area (Å²) in [5, 5.41) is 8.59. The first-order valence-corrected chi connectivity index (χ1v) is 9.61. The Labute approximate surface area is 161 Å². The van der Waals surface area contributed by atoms with Gasteiger partial charge >= 0.3 is 0 Å². The van der Waals surface area contributed by atoms with Crippen molar-refractivity contribution in [1.82, 2.24) is 9.78 Å². The van der Waals surface area contributed by atoms with E-state index in [2.05, 4.69) is 58.2 Å². The Morgan fingerprint density at radius 3 is 2.84 bits per heavy atom. The number of rotatable bonds is 3. The summed E-state index contributed by atoms with van der Waals surface area (Å²) in [6, 6.07) is 16.6. The molecule has 0 fully saturated rings. The predicted molar refractivity (Wildman–Crippen MR) is 110 cm³/mol. The van der Waals surface area contributed by atoms with Crippen LogP contribution in [0.4, 0.5) is 5.82 Å². The van der Waals surface area contributed by atoms with Crippen LogP contribution in [-0.2, 0) is 6.42 Å². The number of hydrogen-bond acceptors (Lipinski definition) is 3. The molecular weight excluding hydrogens is 425 g/mol. The smallest absolute Gasteiger partial charge is 0.144 e. The fraction of sp³-hybridized carbons (Fsp3) is 0.250. The molecule has 4 nitrogen and oxygen atoms in total.